The van der Waals surface area contributed by atoms with Crippen molar-refractivity contribution in [3.05, 3.63) is 69.7 Å². The van der Waals surface area contributed by atoms with Crippen LogP contribution in [0.15, 0.2) is 47.6 Å². The number of amides is 1. The number of nitrogens with one attached hydrogen (secondary N) is 1. The van der Waals surface area contributed by atoms with Gasteiger partial charge in [-0.1, -0.05) is 47.1 Å². The minimum absolute atomic E-state index is 0.181. The first-order chi connectivity index (χ1) is 15.1. The minimum Gasteiger partial charge on any atom is -0.346 e. The zero-order chi connectivity index (χ0) is 23.5. The van der Waals surface area contributed by atoms with E-state index >= 15 is 0 Å². The van der Waals surface area contributed by atoms with Crippen molar-refractivity contribution in [1.82, 2.24) is 20.1 Å². The Morgan fingerprint density at radius 2 is 1.88 bits per heavy atom. The molecule has 0 aliphatic rings. The number of hydrogen-bond acceptors (Lipinski definition) is 4. The molecule has 10 heteroatoms. The lowest BCUT2D eigenvalue weighted by atomic mass is 9.95. The van der Waals surface area contributed by atoms with Crippen LogP contribution >= 0.6 is 46.6 Å². The third-order valence-corrected chi connectivity index (χ3v) is 6.98. The molecule has 170 valence electrons. The van der Waals surface area contributed by atoms with E-state index < -0.39 is 11.5 Å². The van der Waals surface area contributed by atoms with Crippen molar-refractivity contribution >= 4 is 52.5 Å². The Hall–Kier alpha value is -1.80. The molecule has 1 atom stereocenters. The van der Waals surface area contributed by atoms with Gasteiger partial charge in [0.2, 0.25) is 5.91 Å². The van der Waals surface area contributed by atoms with Gasteiger partial charge in [-0.3, -0.25) is 9.36 Å². The molecule has 0 fully saturated rings. The summed E-state index contributed by atoms with van der Waals surface area (Å²) >= 11 is 19.9. The van der Waals surface area contributed by atoms with Crippen LogP contribution in [-0.4, -0.2) is 26.6 Å². The molecule has 0 aliphatic heterocycles. The molecule has 5 nitrogen and oxygen atoms in total. The van der Waals surface area contributed by atoms with E-state index in [1.807, 2.05) is 6.92 Å². The van der Waals surface area contributed by atoms with Gasteiger partial charge in [-0.25, -0.2) is 4.39 Å². The van der Waals surface area contributed by atoms with Gasteiger partial charge in [-0.15, -0.1) is 21.8 Å². The van der Waals surface area contributed by atoms with E-state index in [0.29, 0.717) is 32.5 Å². The van der Waals surface area contributed by atoms with Gasteiger partial charge in [0.05, 0.1) is 22.2 Å². The summed E-state index contributed by atoms with van der Waals surface area (Å²) < 4.78 is 15.0. The molecule has 3 aromatic rings. The van der Waals surface area contributed by atoms with Crippen LogP contribution in [0.2, 0.25) is 10.0 Å². The molecule has 1 heterocycles. The summed E-state index contributed by atoms with van der Waals surface area (Å²) in [6, 6.07) is 10.9. The Balaban J connectivity index is 1.96. The van der Waals surface area contributed by atoms with Gasteiger partial charge in [-0.2, -0.15) is 0 Å². The van der Waals surface area contributed by atoms with E-state index in [2.05, 4.69) is 15.5 Å². The van der Waals surface area contributed by atoms with E-state index in [1.54, 1.807) is 48.7 Å². The molecular weight excluding hydrogens is 494 g/mol. The Morgan fingerprint density at radius 1 is 1.19 bits per heavy atom. The first kappa shape index (κ1) is 24.8. The molecule has 1 N–H and O–H groups in total. The van der Waals surface area contributed by atoms with Gasteiger partial charge in [-0.05, 0) is 56.7 Å². The molecule has 0 bridgehead atoms. The minimum atomic E-state index is -0.737. The van der Waals surface area contributed by atoms with Crippen molar-refractivity contribution in [2.45, 2.75) is 37.7 Å². The summed E-state index contributed by atoms with van der Waals surface area (Å²) in [4.78, 5) is 12.7. The highest BCUT2D eigenvalue weighted by molar-refractivity contribution is 7.98. The fourth-order valence-electron chi connectivity index (χ4n) is 2.79. The van der Waals surface area contributed by atoms with Crippen LogP contribution in [-0.2, 0) is 10.5 Å². The Labute approximate surface area is 205 Å². The van der Waals surface area contributed by atoms with Gasteiger partial charge >= 0.3 is 0 Å². The highest BCUT2D eigenvalue weighted by Gasteiger charge is 2.30. The lowest BCUT2D eigenvalue weighted by molar-refractivity contribution is -0.129. The zero-order valence-electron chi connectivity index (χ0n) is 17.7. The Bertz CT molecular complexity index is 1110. The predicted octanol–water partition coefficient (Wildman–Crippen LogP) is 6.45. The standard InChI is InChI=1S/C22H22Cl3FN4OS/c1-13(27-20(31)22(2,3)12-23)19-28-29-21(32-11-14-4-7-16(26)8-5-14)30(19)18-9-6-15(24)10-17(18)25/h4-10,13H,11-12H2,1-3H3,(H,27,31). The molecule has 0 saturated heterocycles. The van der Waals surface area contributed by atoms with Crippen LogP contribution in [0, 0.1) is 11.2 Å². The SMILES string of the molecule is CC(NC(=O)C(C)(C)CCl)c1nnc(SCc2ccc(F)cc2)n1-c1ccc(Cl)cc1Cl. The summed E-state index contributed by atoms with van der Waals surface area (Å²) in [6.45, 7) is 5.36. The normalized spacial score (nSPS) is 12.6. The summed E-state index contributed by atoms with van der Waals surface area (Å²) in [5.74, 6) is 0.748. The molecule has 1 amide bonds. The first-order valence-electron chi connectivity index (χ1n) is 9.77. The van der Waals surface area contributed by atoms with Gasteiger partial charge in [0, 0.05) is 16.7 Å². The first-order valence-corrected chi connectivity index (χ1v) is 12.0. The van der Waals surface area contributed by atoms with Gasteiger partial charge in [0.1, 0.15) is 5.82 Å². The molecule has 2 aromatic carbocycles. The Morgan fingerprint density at radius 3 is 2.50 bits per heavy atom. The molecule has 1 unspecified atom stereocenters. The van der Waals surface area contributed by atoms with Crippen molar-refractivity contribution in [3.63, 3.8) is 0 Å². The monoisotopic (exact) mass is 514 g/mol. The van der Waals surface area contributed by atoms with Crippen LogP contribution in [0.5, 0.6) is 0 Å². The number of benzene rings is 2. The average Bonchev–Trinajstić information content (AvgIpc) is 3.17. The van der Waals surface area contributed by atoms with Crippen LogP contribution in [0.4, 0.5) is 4.39 Å². The van der Waals surface area contributed by atoms with E-state index in [0.717, 1.165) is 5.56 Å². The summed E-state index contributed by atoms with van der Waals surface area (Å²) in [5.41, 5.74) is 0.828. The maximum absolute atomic E-state index is 13.2. The summed E-state index contributed by atoms with van der Waals surface area (Å²) in [6.07, 6.45) is 0. The number of halogens is 4. The smallest absolute Gasteiger partial charge is 0.227 e. The highest BCUT2D eigenvalue weighted by atomic mass is 35.5. The van der Waals surface area contributed by atoms with Gasteiger partial charge in [0.25, 0.3) is 0 Å². The largest absolute Gasteiger partial charge is 0.346 e. The van der Waals surface area contributed by atoms with Crippen LogP contribution in [0.3, 0.4) is 0 Å². The lowest BCUT2D eigenvalue weighted by Gasteiger charge is -2.24. The third kappa shape index (κ3) is 5.76. The molecule has 0 spiro atoms. The zero-order valence-corrected chi connectivity index (χ0v) is 20.8. The number of rotatable bonds is 8. The molecule has 1 aromatic heterocycles. The van der Waals surface area contributed by atoms with Crippen LogP contribution < -0.4 is 5.32 Å². The maximum atomic E-state index is 13.2. The van der Waals surface area contributed by atoms with Crippen molar-refractivity contribution in [3.8, 4) is 5.69 Å². The molecule has 3 rings (SSSR count). The average molecular weight is 516 g/mol. The maximum Gasteiger partial charge on any atom is 0.227 e. The second kappa shape index (κ2) is 10.4. The number of hydrogen-bond donors (Lipinski definition) is 1. The van der Waals surface area contributed by atoms with Crippen molar-refractivity contribution in [2.24, 2.45) is 5.41 Å². The third-order valence-electron chi connectivity index (χ3n) is 4.77. The van der Waals surface area contributed by atoms with Crippen LogP contribution in [0.25, 0.3) is 5.69 Å². The number of carbonyl (C=O) groups is 1. The fraction of sp³-hybridized carbons (Fsp3) is 0.318. The number of carbonyl (C=O) groups excluding carboxylic acids is 1. The molecule has 0 radical (unpaired) electrons. The highest BCUT2D eigenvalue weighted by Crippen LogP contribution is 2.32. The second-order valence-corrected chi connectivity index (χ2v) is 9.95. The van der Waals surface area contributed by atoms with Crippen molar-refractivity contribution < 1.29 is 9.18 Å². The Kier molecular flexibility index (Phi) is 8.09. The lowest BCUT2D eigenvalue weighted by Crippen LogP contribution is -2.40. The molecule has 0 aliphatic carbocycles. The summed E-state index contributed by atoms with van der Waals surface area (Å²) in [5, 5.41) is 13.1. The predicted molar refractivity (Wildman–Crippen MR) is 128 cm³/mol. The molecule has 0 saturated carbocycles. The molecule has 32 heavy (non-hydrogen) atoms. The van der Waals surface area contributed by atoms with Crippen molar-refractivity contribution in [1.29, 1.82) is 0 Å². The number of alkyl halides is 1. The summed E-state index contributed by atoms with van der Waals surface area (Å²) in [7, 11) is 0. The van der Waals surface area contributed by atoms with Gasteiger partial charge in [0.15, 0.2) is 11.0 Å². The van der Waals surface area contributed by atoms with E-state index in [4.69, 9.17) is 34.8 Å². The quantitative estimate of drug-likeness (QED) is 0.277. The number of thioether (sulfide) groups is 1. The fourth-order valence-corrected chi connectivity index (χ4v) is 4.31. The molecular formula is C22H22Cl3FN4OS. The van der Waals surface area contributed by atoms with Crippen molar-refractivity contribution in [2.75, 3.05) is 5.88 Å². The topological polar surface area (TPSA) is 59.8 Å². The number of aromatic nitrogens is 3. The van der Waals surface area contributed by atoms with E-state index in [-0.39, 0.29) is 17.6 Å². The second-order valence-electron chi connectivity index (χ2n) is 7.90. The van der Waals surface area contributed by atoms with Crippen LogP contribution in [0.1, 0.15) is 38.2 Å². The van der Waals surface area contributed by atoms with E-state index in [1.165, 1.54) is 23.9 Å². The van der Waals surface area contributed by atoms with E-state index in [9.17, 15) is 9.18 Å². The number of nitrogens with zero attached hydrogens (tertiary/aromatic N) is 3. The van der Waals surface area contributed by atoms with Gasteiger partial charge < -0.3 is 5.32 Å².